The molecule has 1 N–H and O–H groups in total. The molecular weight excluding hydrogens is 378 g/mol. The monoisotopic (exact) mass is 402 g/mol. The molecule has 3 aliphatic carbocycles. The zero-order valence-electron chi connectivity index (χ0n) is 15.9. The van der Waals surface area contributed by atoms with Gasteiger partial charge in [-0.3, -0.25) is 4.79 Å². The van der Waals surface area contributed by atoms with Gasteiger partial charge in [-0.2, -0.15) is 0 Å². The largest absolute Gasteiger partial charge is 0.550 e. The van der Waals surface area contributed by atoms with Gasteiger partial charge in [-0.05, 0) is 49.5 Å². The van der Waals surface area contributed by atoms with Crippen molar-refractivity contribution in [1.29, 1.82) is 0 Å². The number of carboxylic acids is 1. The van der Waals surface area contributed by atoms with E-state index in [-0.39, 0.29) is 17.7 Å². The molecule has 7 heteroatoms. The number of hydrogen-bond acceptors (Lipinski definition) is 6. The molecule has 1 heterocycles. The van der Waals surface area contributed by atoms with Crippen LogP contribution in [0, 0.1) is 23.7 Å². The Morgan fingerprint density at radius 2 is 1.75 bits per heavy atom. The van der Waals surface area contributed by atoms with E-state index in [1.54, 1.807) is 0 Å². The first kappa shape index (κ1) is 19.2. The van der Waals surface area contributed by atoms with E-state index in [0.717, 1.165) is 49.0 Å². The number of nitrogens with one attached hydrogen (secondary N) is 1. The number of methoxy groups -OCH3 is 1. The average Bonchev–Trinajstić information content (AvgIpc) is 3.34. The van der Waals surface area contributed by atoms with Crippen molar-refractivity contribution in [2.24, 2.45) is 23.7 Å². The number of anilines is 1. The van der Waals surface area contributed by atoms with Crippen LogP contribution in [-0.4, -0.2) is 25.0 Å². The van der Waals surface area contributed by atoms with Crippen LogP contribution in [0.15, 0.2) is 12.2 Å². The van der Waals surface area contributed by atoms with Crippen molar-refractivity contribution in [3.63, 3.8) is 0 Å². The summed E-state index contributed by atoms with van der Waals surface area (Å²) in [5.41, 5.74) is 1.43. The van der Waals surface area contributed by atoms with Crippen molar-refractivity contribution in [2.75, 3.05) is 12.4 Å². The van der Waals surface area contributed by atoms with Crippen LogP contribution in [0.5, 0.6) is 0 Å². The molecule has 1 amide bonds. The van der Waals surface area contributed by atoms with Crippen LogP contribution >= 0.6 is 11.3 Å². The number of carbonyl (C=O) groups excluding carboxylic acids is 3. The fraction of sp³-hybridized carbons (Fsp3) is 0.571. The van der Waals surface area contributed by atoms with Gasteiger partial charge in [0.1, 0.15) is 5.00 Å². The van der Waals surface area contributed by atoms with Crippen LogP contribution in [0.25, 0.3) is 0 Å². The highest BCUT2D eigenvalue weighted by molar-refractivity contribution is 7.17. The Labute approximate surface area is 168 Å². The Bertz CT molecular complexity index is 842. The van der Waals surface area contributed by atoms with Crippen LogP contribution in [0.3, 0.4) is 0 Å². The van der Waals surface area contributed by atoms with Gasteiger partial charge in [0.2, 0.25) is 5.91 Å². The molecule has 0 radical (unpaired) electrons. The highest BCUT2D eigenvalue weighted by Gasteiger charge is 2.49. The lowest BCUT2D eigenvalue weighted by Gasteiger charge is -2.27. The normalized spacial score (nSPS) is 28.3. The summed E-state index contributed by atoms with van der Waals surface area (Å²) < 4.78 is 4.99. The van der Waals surface area contributed by atoms with E-state index in [4.69, 9.17) is 4.74 Å². The number of fused-ring (bicyclic) bond motifs is 3. The molecule has 2 bridgehead atoms. The van der Waals surface area contributed by atoms with Gasteiger partial charge in [-0.15, -0.1) is 11.3 Å². The minimum Gasteiger partial charge on any atom is -0.550 e. The van der Waals surface area contributed by atoms with E-state index in [1.165, 1.54) is 18.4 Å². The maximum absolute atomic E-state index is 13.0. The number of esters is 1. The summed E-state index contributed by atoms with van der Waals surface area (Å²) in [7, 11) is 1.34. The second-order valence-electron chi connectivity index (χ2n) is 7.92. The highest BCUT2D eigenvalue weighted by Crippen LogP contribution is 2.48. The quantitative estimate of drug-likeness (QED) is 0.616. The zero-order chi connectivity index (χ0) is 19.8. The predicted octanol–water partition coefficient (Wildman–Crippen LogP) is 2.32. The van der Waals surface area contributed by atoms with E-state index in [0.29, 0.717) is 17.0 Å². The molecule has 1 aromatic heterocycles. The number of allylic oxidation sites excluding steroid dienone is 2. The lowest BCUT2D eigenvalue weighted by Crippen LogP contribution is -2.42. The molecule has 1 fully saturated rings. The number of rotatable bonds is 4. The molecule has 150 valence electrons. The molecule has 28 heavy (non-hydrogen) atoms. The summed E-state index contributed by atoms with van der Waals surface area (Å²) in [4.78, 5) is 38.3. The number of hydrogen-bond donors (Lipinski definition) is 1. The maximum atomic E-state index is 13.0. The van der Waals surface area contributed by atoms with Gasteiger partial charge < -0.3 is 20.0 Å². The number of aryl methyl sites for hydroxylation is 1. The molecule has 0 spiro atoms. The highest BCUT2D eigenvalue weighted by atomic mass is 32.1. The minimum absolute atomic E-state index is 0.0875. The van der Waals surface area contributed by atoms with Gasteiger partial charge in [0.25, 0.3) is 0 Å². The van der Waals surface area contributed by atoms with Crippen molar-refractivity contribution in [2.45, 2.75) is 44.9 Å². The number of aliphatic carboxylic acids is 1. The first-order valence-electron chi connectivity index (χ1n) is 9.94. The van der Waals surface area contributed by atoms with Gasteiger partial charge in [0.05, 0.1) is 18.6 Å². The number of carbonyl (C=O) groups is 3. The first-order chi connectivity index (χ1) is 13.5. The molecule has 0 aliphatic heterocycles. The molecule has 1 aromatic rings. The van der Waals surface area contributed by atoms with Gasteiger partial charge in [0, 0.05) is 16.8 Å². The number of amides is 1. The van der Waals surface area contributed by atoms with Crippen LogP contribution in [0.1, 0.15) is 52.9 Å². The Balaban J connectivity index is 1.64. The van der Waals surface area contributed by atoms with Crippen LogP contribution < -0.4 is 10.4 Å². The smallest absolute Gasteiger partial charge is 0.341 e. The Kier molecular flexibility index (Phi) is 5.27. The third-order valence-electron chi connectivity index (χ3n) is 6.33. The molecule has 0 saturated heterocycles. The second-order valence-corrected chi connectivity index (χ2v) is 9.03. The third kappa shape index (κ3) is 3.26. The molecule has 6 nitrogen and oxygen atoms in total. The van der Waals surface area contributed by atoms with E-state index < -0.39 is 23.8 Å². The summed E-state index contributed by atoms with van der Waals surface area (Å²) in [5, 5.41) is 15.0. The lowest BCUT2D eigenvalue weighted by molar-refractivity contribution is -0.313. The van der Waals surface area contributed by atoms with Crippen molar-refractivity contribution < 1.29 is 24.2 Å². The molecule has 4 rings (SSSR count). The topological polar surface area (TPSA) is 95.5 Å². The molecule has 3 aliphatic rings. The molecule has 1 saturated carbocycles. The van der Waals surface area contributed by atoms with Gasteiger partial charge in [-0.1, -0.05) is 25.0 Å². The second kappa shape index (κ2) is 7.70. The Morgan fingerprint density at radius 3 is 2.43 bits per heavy atom. The summed E-state index contributed by atoms with van der Waals surface area (Å²) in [5.74, 6) is -3.66. The Morgan fingerprint density at radius 1 is 1.07 bits per heavy atom. The number of carboxylic acid groups (broad SMARTS) is 1. The van der Waals surface area contributed by atoms with Crippen molar-refractivity contribution in [3.8, 4) is 0 Å². The number of ether oxygens (including phenoxy) is 1. The third-order valence-corrected chi connectivity index (χ3v) is 7.54. The molecule has 0 aromatic carbocycles. The van der Waals surface area contributed by atoms with Crippen LogP contribution in [0.2, 0.25) is 0 Å². The number of thiophene rings is 1. The average molecular weight is 402 g/mol. The van der Waals surface area contributed by atoms with Crippen LogP contribution in [-0.2, 0) is 27.2 Å². The first-order valence-corrected chi connectivity index (χ1v) is 10.8. The summed E-state index contributed by atoms with van der Waals surface area (Å²) >= 11 is 1.43. The molecular formula is C21H24NO5S-. The SMILES string of the molecule is COC(=O)c1c(NC(=O)[C@@H]2[C@@H](C(=O)[O-])[C@H]3C=C[C@@H]2C3)sc2c1CCCCCC2. The summed E-state index contributed by atoms with van der Waals surface area (Å²) in [6.45, 7) is 0. The standard InChI is InChI=1S/C21H25NO5S/c1-27-21(26)17-13-6-4-2-3-5-7-14(13)28-19(17)22-18(23)15-11-8-9-12(10-11)16(15)20(24)25/h8-9,11-12,15-16H,2-7,10H2,1H3,(H,22,23)(H,24,25)/p-1/t11-,12+,15+,16+/m1/s1. The molecule has 0 unspecified atom stereocenters. The van der Waals surface area contributed by atoms with Crippen molar-refractivity contribution in [1.82, 2.24) is 0 Å². The fourth-order valence-electron chi connectivity index (χ4n) is 5.02. The van der Waals surface area contributed by atoms with E-state index in [9.17, 15) is 19.5 Å². The van der Waals surface area contributed by atoms with Crippen molar-refractivity contribution >= 4 is 34.2 Å². The summed E-state index contributed by atoms with van der Waals surface area (Å²) in [6, 6.07) is 0. The predicted molar refractivity (Wildman–Crippen MR) is 103 cm³/mol. The van der Waals surface area contributed by atoms with Gasteiger partial charge >= 0.3 is 5.97 Å². The van der Waals surface area contributed by atoms with Crippen molar-refractivity contribution in [3.05, 3.63) is 28.2 Å². The molecule has 4 atom stereocenters. The minimum atomic E-state index is -1.18. The zero-order valence-corrected chi connectivity index (χ0v) is 16.7. The van der Waals surface area contributed by atoms with E-state index in [2.05, 4.69) is 5.32 Å². The fourth-order valence-corrected chi connectivity index (χ4v) is 6.30. The van der Waals surface area contributed by atoms with Crippen LogP contribution in [0.4, 0.5) is 5.00 Å². The van der Waals surface area contributed by atoms with E-state index in [1.807, 2.05) is 12.2 Å². The Hall–Kier alpha value is -2.15. The maximum Gasteiger partial charge on any atom is 0.341 e. The van der Waals surface area contributed by atoms with E-state index >= 15 is 0 Å². The van der Waals surface area contributed by atoms with Gasteiger partial charge in [-0.25, -0.2) is 4.79 Å². The summed E-state index contributed by atoms with van der Waals surface area (Å²) in [6.07, 6.45) is 10.5. The van der Waals surface area contributed by atoms with Gasteiger partial charge in [0.15, 0.2) is 0 Å². The lowest BCUT2D eigenvalue weighted by atomic mass is 9.82.